The van der Waals surface area contributed by atoms with Gasteiger partial charge in [-0.3, -0.25) is 4.79 Å². The van der Waals surface area contributed by atoms with E-state index in [0.29, 0.717) is 16.4 Å². The summed E-state index contributed by atoms with van der Waals surface area (Å²) in [6, 6.07) is 7.03. The predicted octanol–water partition coefficient (Wildman–Crippen LogP) is 2.65. The third-order valence-corrected chi connectivity index (χ3v) is 2.47. The highest BCUT2D eigenvalue weighted by Crippen LogP contribution is 2.27. The van der Waals surface area contributed by atoms with Crippen LogP contribution in [0.25, 0.3) is 5.69 Å². The molecule has 0 radical (unpaired) electrons. The molecule has 0 spiro atoms. The van der Waals surface area contributed by atoms with Gasteiger partial charge in [-0.2, -0.15) is 5.10 Å². The van der Waals surface area contributed by atoms with Gasteiger partial charge in [0.25, 0.3) is 0 Å². The maximum atomic E-state index is 11.3. The Morgan fingerprint density at radius 2 is 2.29 bits per heavy atom. The second-order valence-electron chi connectivity index (χ2n) is 3.28. The van der Waals surface area contributed by atoms with Crippen molar-refractivity contribution in [2.75, 3.05) is 5.32 Å². The molecule has 1 amide bonds. The predicted molar refractivity (Wildman–Crippen MR) is 67.4 cm³/mol. The fraction of sp³-hybridized carbons (Fsp3) is 0. The van der Waals surface area contributed by atoms with Crippen LogP contribution in [0.5, 0.6) is 0 Å². The minimum Gasteiger partial charge on any atom is -0.321 e. The number of nitrogens with one attached hydrogen (secondary N) is 1. The number of hydrogen-bond donors (Lipinski definition) is 1. The Hall–Kier alpha value is -2.07. The van der Waals surface area contributed by atoms with Gasteiger partial charge in [0.1, 0.15) is 5.69 Å². The Balaban J connectivity index is 2.49. The van der Waals surface area contributed by atoms with Crippen molar-refractivity contribution in [1.29, 1.82) is 0 Å². The van der Waals surface area contributed by atoms with Crippen molar-refractivity contribution < 1.29 is 4.79 Å². The molecule has 0 bridgehead atoms. The molecule has 1 aromatic carbocycles. The summed E-state index contributed by atoms with van der Waals surface area (Å²) in [6.45, 7) is 3.40. The lowest BCUT2D eigenvalue weighted by Crippen LogP contribution is -2.10. The number of para-hydroxylation sites is 1. The Morgan fingerprint density at radius 3 is 2.94 bits per heavy atom. The molecular formula is C12H10ClN3O. The van der Waals surface area contributed by atoms with Crippen molar-refractivity contribution in [1.82, 2.24) is 9.78 Å². The normalized spacial score (nSPS) is 9.94. The largest absolute Gasteiger partial charge is 0.321 e. The molecule has 1 heterocycles. The van der Waals surface area contributed by atoms with E-state index in [4.69, 9.17) is 11.6 Å². The van der Waals surface area contributed by atoms with Crippen LogP contribution in [-0.4, -0.2) is 15.7 Å². The second-order valence-corrected chi connectivity index (χ2v) is 3.69. The van der Waals surface area contributed by atoms with Crippen LogP contribution in [0.3, 0.4) is 0 Å². The lowest BCUT2D eigenvalue weighted by Gasteiger charge is -2.11. The van der Waals surface area contributed by atoms with Crippen LogP contribution in [0.2, 0.25) is 5.02 Å². The molecule has 0 saturated carbocycles. The van der Waals surface area contributed by atoms with Gasteiger partial charge in [-0.05, 0) is 24.3 Å². The average Bonchev–Trinajstić information content (AvgIpc) is 2.82. The highest BCUT2D eigenvalue weighted by Gasteiger charge is 2.10. The molecule has 86 valence electrons. The summed E-state index contributed by atoms with van der Waals surface area (Å²) in [5, 5.41) is 7.29. The Bertz CT molecular complexity index is 549. The lowest BCUT2D eigenvalue weighted by atomic mass is 10.2. The SMILES string of the molecule is C=CC(=O)Nc1cccc(Cl)c1-n1cccn1. The van der Waals surface area contributed by atoms with Crippen LogP contribution in [0.1, 0.15) is 0 Å². The number of hydrogen-bond acceptors (Lipinski definition) is 2. The van der Waals surface area contributed by atoms with Crippen molar-refractivity contribution in [2.24, 2.45) is 0 Å². The molecule has 1 aromatic heterocycles. The molecule has 0 unspecified atom stereocenters. The van der Waals surface area contributed by atoms with Crippen LogP contribution in [-0.2, 0) is 4.79 Å². The average molecular weight is 248 g/mol. The monoisotopic (exact) mass is 247 g/mol. The number of nitrogens with zero attached hydrogens (tertiary/aromatic N) is 2. The van der Waals surface area contributed by atoms with Gasteiger partial charge >= 0.3 is 0 Å². The van der Waals surface area contributed by atoms with Crippen molar-refractivity contribution >= 4 is 23.2 Å². The summed E-state index contributed by atoms with van der Waals surface area (Å²) in [4.78, 5) is 11.3. The minimum absolute atomic E-state index is 0.291. The van der Waals surface area contributed by atoms with Crippen LogP contribution in [0.4, 0.5) is 5.69 Å². The van der Waals surface area contributed by atoms with E-state index in [1.807, 2.05) is 0 Å². The van der Waals surface area contributed by atoms with Crippen molar-refractivity contribution in [3.8, 4) is 5.69 Å². The van der Waals surface area contributed by atoms with Crippen molar-refractivity contribution in [3.05, 3.63) is 54.3 Å². The lowest BCUT2D eigenvalue weighted by molar-refractivity contribution is -0.111. The fourth-order valence-electron chi connectivity index (χ4n) is 1.43. The van der Waals surface area contributed by atoms with E-state index in [1.54, 1.807) is 41.3 Å². The molecule has 5 heteroatoms. The first kappa shape index (κ1) is 11.4. The van der Waals surface area contributed by atoms with E-state index in [0.717, 1.165) is 0 Å². The zero-order chi connectivity index (χ0) is 12.3. The molecule has 17 heavy (non-hydrogen) atoms. The summed E-state index contributed by atoms with van der Waals surface area (Å²) in [5.41, 5.74) is 1.22. The zero-order valence-corrected chi connectivity index (χ0v) is 9.69. The number of anilines is 1. The number of halogens is 1. The first-order valence-electron chi connectivity index (χ1n) is 4.94. The number of benzene rings is 1. The summed E-state index contributed by atoms with van der Waals surface area (Å²) < 4.78 is 1.60. The van der Waals surface area contributed by atoms with Gasteiger partial charge in [-0.25, -0.2) is 4.68 Å². The molecule has 1 N–H and O–H groups in total. The van der Waals surface area contributed by atoms with Crippen LogP contribution >= 0.6 is 11.6 Å². The third-order valence-electron chi connectivity index (χ3n) is 2.16. The summed E-state index contributed by atoms with van der Waals surface area (Å²) in [7, 11) is 0. The Labute approximate surface area is 104 Å². The quantitative estimate of drug-likeness (QED) is 0.848. The minimum atomic E-state index is -0.291. The second kappa shape index (κ2) is 4.84. The molecule has 2 rings (SSSR count). The molecule has 0 aliphatic heterocycles. The smallest absolute Gasteiger partial charge is 0.247 e. The van der Waals surface area contributed by atoms with Gasteiger partial charge in [-0.15, -0.1) is 0 Å². The summed E-state index contributed by atoms with van der Waals surface area (Å²) in [5.74, 6) is -0.291. The Kier molecular flexibility index (Phi) is 3.25. The Morgan fingerprint density at radius 1 is 1.47 bits per heavy atom. The van der Waals surface area contributed by atoms with Crippen molar-refractivity contribution in [3.63, 3.8) is 0 Å². The maximum absolute atomic E-state index is 11.3. The number of rotatable bonds is 3. The van der Waals surface area contributed by atoms with E-state index in [1.165, 1.54) is 6.08 Å². The van der Waals surface area contributed by atoms with Gasteiger partial charge in [-0.1, -0.05) is 24.2 Å². The van der Waals surface area contributed by atoms with Gasteiger partial charge in [0.2, 0.25) is 5.91 Å². The van der Waals surface area contributed by atoms with Crippen molar-refractivity contribution in [2.45, 2.75) is 0 Å². The number of carbonyl (C=O) groups excluding carboxylic acids is 1. The first-order chi connectivity index (χ1) is 8.22. The highest BCUT2D eigenvalue weighted by atomic mass is 35.5. The molecule has 0 aliphatic rings. The van der Waals surface area contributed by atoms with Gasteiger partial charge in [0, 0.05) is 12.4 Å². The van der Waals surface area contributed by atoms with Gasteiger partial charge in [0.05, 0.1) is 10.7 Å². The van der Waals surface area contributed by atoms with Crippen LogP contribution in [0, 0.1) is 0 Å². The molecule has 0 atom stereocenters. The molecule has 0 aliphatic carbocycles. The number of carbonyl (C=O) groups is 1. The standard InChI is InChI=1S/C12H10ClN3O/c1-2-11(17)15-10-6-3-5-9(13)12(10)16-8-4-7-14-16/h2-8H,1H2,(H,15,17). The molecule has 2 aromatic rings. The van der Waals surface area contributed by atoms with Crippen LogP contribution < -0.4 is 5.32 Å². The number of aromatic nitrogens is 2. The topological polar surface area (TPSA) is 46.9 Å². The summed E-state index contributed by atoms with van der Waals surface area (Å²) >= 11 is 6.11. The molecule has 0 fully saturated rings. The first-order valence-corrected chi connectivity index (χ1v) is 5.32. The van der Waals surface area contributed by atoms with Gasteiger partial charge < -0.3 is 5.32 Å². The molecule has 4 nitrogen and oxygen atoms in total. The fourth-order valence-corrected chi connectivity index (χ4v) is 1.70. The van der Waals surface area contributed by atoms with E-state index in [-0.39, 0.29) is 5.91 Å². The van der Waals surface area contributed by atoms with E-state index < -0.39 is 0 Å². The highest BCUT2D eigenvalue weighted by molar-refractivity contribution is 6.33. The van der Waals surface area contributed by atoms with Gasteiger partial charge in [0.15, 0.2) is 0 Å². The maximum Gasteiger partial charge on any atom is 0.247 e. The zero-order valence-electron chi connectivity index (χ0n) is 8.93. The van der Waals surface area contributed by atoms with E-state index >= 15 is 0 Å². The van der Waals surface area contributed by atoms with E-state index in [9.17, 15) is 4.79 Å². The van der Waals surface area contributed by atoms with Crippen LogP contribution in [0.15, 0.2) is 49.3 Å². The molecular weight excluding hydrogens is 238 g/mol. The number of amides is 1. The third kappa shape index (κ3) is 2.37. The van der Waals surface area contributed by atoms with E-state index in [2.05, 4.69) is 17.0 Å². The summed E-state index contributed by atoms with van der Waals surface area (Å²) in [6.07, 6.45) is 4.60. The molecule has 0 saturated heterocycles.